The smallest absolute Gasteiger partial charge is 0.170 e. The first-order valence-corrected chi connectivity index (χ1v) is 12.3. The van der Waals surface area contributed by atoms with Gasteiger partial charge in [0.25, 0.3) is 0 Å². The zero-order chi connectivity index (χ0) is 24.4. The fourth-order valence-corrected chi connectivity index (χ4v) is 5.26. The summed E-state index contributed by atoms with van der Waals surface area (Å²) in [6.07, 6.45) is 2.91. The van der Waals surface area contributed by atoms with Gasteiger partial charge >= 0.3 is 0 Å². The maximum absolute atomic E-state index is 5.85. The van der Waals surface area contributed by atoms with Crippen molar-refractivity contribution in [3.8, 4) is 5.69 Å². The Morgan fingerprint density at radius 1 is 1.03 bits per heavy atom. The Labute approximate surface area is 209 Å². The van der Waals surface area contributed by atoms with Gasteiger partial charge in [-0.3, -0.25) is 4.98 Å². The standard InChI is InChI=1S/C27H36N6S/c1-19-18-23(20(2)33(19)22-13-11-21(12-14-22)31(5)6)26-25(24-10-7-8-15-28-24)29-27(34)32(26)17-9-16-30(3)4/h7-8,10-15,18,25-26H,9,16-17H2,1-6H3,(H,29,34). The molecule has 2 aromatic heterocycles. The molecule has 2 unspecified atom stereocenters. The van der Waals surface area contributed by atoms with E-state index in [-0.39, 0.29) is 12.1 Å². The maximum atomic E-state index is 5.85. The lowest BCUT2D eigenvalue weighted by Gasteiger charge is -2.28. The summed E-state index contributed by atoms with van der Waals surface area (Å²) in [6.45, 7) is 6.33. The minimum atomic E-state index is 0.0122. The number of rotatable bonds is 8. The van der Waals surface area contributed by atoms with Gasteiger partial charge < -0.3 is 24.6 Å². The van der Waals surface area contributed by atoms with Crippen molar-refractivity contribution in [2.24, 2.45) is 0 Å². The van der Waals surface area contributed by atoms with E-state index in [1.165, 1.54) is 28.3 Å². The SMILES string of the molecule is Cc1cc(C2C(c3ccccn3)NC(=S)N2CCCN(C)C)c(C)n1-c1ccc(N(C)C)cc1. The molecular weight excluding hydrogens is 440 g/mol. The quantitative estimate of drug-likeness (QED) is 0.484. The summed E-state index contributed by atoms with van der Waals surface area (Å²) in [7, 11) is 8.36. The molecule has 0 bridgehead atoms. The number of benzene rings is 1. The first-order chi connectivity index (χ1) is 16.3. The second-order valence-corrected chi connectivity index (χ2v) is 9.94. The summed E-state index contributed by atoms with van der Waals surface area (Å²) in [5.41, 5.74) is 7.14. The molecule has 0 amide bonds. The zero-order valence-electron chi connectivity index (χ0n) is 21.1. The van der Waals surface area contributed by atoms with E-state index in [1.54, 1.807) is 0 Å². The average Bonchev–Trinajstić information content (AvgIpc) is 3.29. The first kappa shape index (κ1) is 24.2. The van der Waals surface area contributed by atoms with Crippen molar-refractivity contribution in [2.45, 2.75) is 32.4 Å². The molecule has 4 rings (SSSR count). The van der Waals surface area contributed by atoms with Crippen molar-refractivity contribution in [3.63, 3.8) is 0 Å². The van der Waals surface area contributed by atoms with Crippen LogP contribution in [0, 0.1) is 13.8 Å². The summed E-state index contributed by atoms with van der Waals surface area (Å²) in [4.78, 5) is 11.4. The summed E-state index contributed by atoms with van der Waals surface area (Å²) in [6, 6.07) is 17.3. The topological polar surface area (TPSA) is 39.6 Å². The average molecular weight is 477 g/mol. The van der Waals surface area contributed by atoms with Gasteiger partial charge in [-0.25, -0.2) is 0 Å². The predicted molar refractivity (Wildman–Crippen MR) is 145 cm³/mol. The number of aromatic nitrogens is 2. The van der Waals surface area contributed by atoms with Gasteiger partial charge in [-0.05, 0) is 101 Å². The van der Waals surface area contributed by atoms with Crippen molar-refractivity contribution in [1.82, 2.24) is 24.7 Å². The lowest BCUT2D eigenvalue weighted by molar-refractivity contribution is 0.292. The van der Waals surface area contributed by atoms with Crippen LogP contribution in [0.5, 0.6) is 0 Å². The van der Waals surface area contributed by atoms with Crippen LogP contribution in [0.15, 0.2) is 54.7 Å². The number of pyridine rings is 1. The molecule has 1 saturated heterocycles. The monoisotopic (exact) mass is 476 g/mol. The Balaban J connectivity index is 1.74. The van der Waals surface area contributed by atoms with Crippen molar-refractivity contribution in [1.29, 1.82) is 0 Å². The normalized spacial score (nSPS) is 18.0. The Bertz CT molecular complexity index is 1120. The fraction of sp³-hybridized carbons (Fsp3) is 0.407. The van der Waals surface area contributed by atoms with E-state index < -0.39 is 0 Å². The van der Waals surface area contributed by atoms with E-state index in [9.17, 15) is 0 Å². The second-order valence-electron chi connectivity index (χ2n) is 9.55. The van der Waals surface area contributed by atoms with Crippen LogP contribution < -0.4 is 10.2 Å². The Kier molecular flexibility index (Phi) is 7.24. The van der Waals surface area contributed by atoms with Gasteiger partial charge in [-0.2, -0.15) is 0 Å². The third-order valence-corrected chi connectivity index (χ3v) is 6.97. The third kappa shape index (κ3) is 4.81. The van der Waals surface area contributed by atoms with Crippen molar-refractivity contribution in [3.05, 3.63) is 77.4 Å². The molecule has 1 N–H and O–H groups in total. The lowest BCUT2D eigenvalue weighted by atomic mass is 9.96. The van der Waals surface area contributed by atoms with Crippen LogP contribution in [0.2, 0.25) is 0 Å². The number of nitrogens with zero attached hydrogens (tertiary/aromatic N) is 5. The highest BCUT2D eigenvalue weighted by Gasteiger charge is 2.41. The number of hydrogen-bond acceptors (Lipinski definition) is 4. The van der Waals surface area contributed by atoms with E-state index >= 15 is 0 Å². The fourth-order valence-electron chi connectivity index (χ4n) is 4.93. The second kappa shape index (κ2) is 10.2. The zero-order valence-corrected chi connectivity index (χ0v) is 21.9. The number of anilines is 1. The lowest BCUT2D eigenvalue weighted by Crippen LogP contribution is -2.32. The Morgan fingerprint density at radius 3 is 2.38 bits per heavy atom. The molecule has 7 heteroatoms. The molecule has 180 valence electrons. The molecule has 0 aliphatic carbocycles. The van der Waals surface area contributed by atoms with Crippen LogP contribution in [-0.2, 0) is 0 Å². The van der Waals surface area contributed by atoms with E-state index in [2.05, 4.69) is 114 Å². The van der Waals surface area contributed by atoms with Crippen LogP contribution in [0.1, 0.15) is 41.1 Å². The highest BCUT2D eigenvalue weighted by atomic mass is 32.1. The highest BCUT2D eigenvalue weighted by Crippen LogP contribution is 2.41. The first-order valence-electron chi connectivity index (χ1n) is 11.9. The minimum absolute atomic E-state index is 0.0122. The Hall–Kier alpha value is -2.90. The summed E-state index contributed by atoms with van der Waals surface area (Å²) < 4.78 is 2.35. The van der Waals surface area contributed by atoms with Gasteiger partial charge in [0.05, 0.1) is 17.8 Å². The molecule has 6 nitrogen and oxygen atoms in total. The molecule has 1 aromatic carbocycles. The molecule has 1 aliphatic heterocycles. The summed E-state index contributed by atoms with van der Waals surface area (Å²) in [5.74, 6) is 0. The largest absolute Gasteiger partial charge is 0.378 e. The maximum Gasteiger partial charge on any atom is 0.170 e. The molecule has 1 aliphatic rings. The van der Waals surface area contributed by atoms with E-state index in [4.69, 9.17) is 12.2 Å². The van der Waals surface area contributed by atoms with Gasteiger partial charge in [0.2, 0.25) is 0 Å². The molecular formula is C27H36N6S. The van der Waals surface area contributed by atoms with Crippen LogP contribution in [-0.4, -0.2) is 65.7 Å². The molecule has 3 aromatic rings. The van der Waals surface area contributed by atoms with E-state index in [0.29, 0.717) is 0 Å². The summed E-state index contributed by atoms with van der Waals surface area (Å²) in [5, 5.41) is 4.39. The number of hydrogen-bond donors (Lipinski definition) is 1. The number of thiocarbonyl (C=S) groups is 1. The van der Waals surface area contributed by atoms with Crippen LogP contribution in [0.3, 0.4) is 0 Å². The number of nitrogens with one attached hydrogen (secondary N) is 1. The predicted octanol–water partition coefficient (Wildman–Crippen LogP) is 4.48. The van der Waals surface area contributed by atoms with Crippen LogP contribution >= 0.6 is 12.2 Å². The minimum Gasteiger partial charge on any atom is -0.378 e. The molecule has 1 fully saturated rings. The van der Waals surface area contributed by atoms with Crippen molar-refractivity contribution >= 4 is 23.0 Å². The Morgan fingerprint density at radius 2 is 1.76 bits per heavy atom. The van der Waals surface area contributed by atoms with Gasteiger partial charge in [0, 0.05) is 49.6 Å². The molecule has 34 heavy (non-hydrogen) atoms. The van der Waals surface area contributed by atoms with E-state index in [0.717, 1.165) is 30.3 Å². The molecule has 2 atom stereocenters. The van der Waals surface area contributed by atoms with Crippen LogP contribution in [0.4, 0.5) is 5.69 Å². The highest BCUT2D eigenvalue weighted by molar-refractivity contribution is 7.80. The van der Waals surface area contributed by atoms with E-state index in [1.807, 2.05) is 12.3 Å². The third-order valence-electron chi connectivity index (χ3n) is 6.62. The van der Waals surface area contributed by atoms with Gasteiger partial charge in [-0.15, -0.1) is 0 Å². The van der Waals surface area contributed by atoms with Crippen molar-refractivity contribution in [2.75, 3.05) is 46.2 Å². The van der Waals surface area contributed by atoms with Crippen LogP contribution in [0.25, 0.3) is 5.69 Å². The number of aryl methyl sites for hydroxylation is 1. The molecule has 3 heterocycles. The molecule has 0 spiro atoms. The van der Waals surface area contributed by atoms with Gasteiger partial charge in [-0.1, -0.05) is 6.07 Å². The van der Waals surface area contributed by atoms with Gasteiger partial charge in [0.15, 0.2) is 5.11 Å². The summed E-state index contributed by atoms with van der Waals surface area (Å²) >= 11 is 5.85. The molecule has 0 saturated carbocycles. The van der Waals surface area contributed by atoms with Crippen molar-refractivity contribution < 1.29 is 0 Å². The molecule has 0 radical (unpaired) electrons. The van der Waals surface area contributed by atoms with Gasteiger partial charge in [0.1, 0.15) is 0 Å².